The maximum Gasteiger partial charge on any atom is 0.191 e. The molecule has 0 saturated heterocycles. The monoisotopic (exact) mass is 517 g/mol. The molecule has 154 valence electrons. The number of aryl methyl sites for hydroxylation is 1. The largest absolute Gasteiger partial charge is 0.496 e. The number of rotatable bonds is 7. The molecule has 6 nitrogen and oxygen atoms in total. The minimum absolute atomic E-state index is 0. The molecule has 2 aromatic rings. The quantitative estimate of drug-likeness (QED) is 0.336. The highest BCUT2D eigenvalue weighted by atomic mass is 127. The third kappa shape index (κ3) is 6.97. The number of halogens is 1. The highest BCUT2D eigenvalue weighted by Gasteiger charge is 2.11. The van der Waals surface area contributed by atoms with Gasteiger partial charge in [0.05, 0.1) is 12.0 Å². The molecule has 0 unspecified atom stereocenters. The zero-order valence-electron chi connectivity index (χ0n) is 16.7. The van der Waals surface area contributed by atoms with Crippen LogP contribution in [0.25, 0.3) is 0 Å². The number of methoxy groups -OCH3 is 1. The lowest BCUT2D eigenvalue weighted by Gasteiger charge is -2.14. The molecule has 0 bridgehead atoms. The molecule has 0 amide bonds. The van der Waals surface area contributed by atoms with E-state index in [1.807, 2.05) is 36.4 Å². The number of para-hydroxylation sites is 1. The summed E-state index contributed by atoms with van der Waals surface area (Å²) < 4.78 is 28.8. The number of nitrogens with zero attached hydrogens (tertiary/aromatic N) is 1. The van der Waals surface area contributed by atoms with Gasteiger partial charge in [0.25, 0.3) is 0 Å². The van der Waals surface area contributed by atoms with Gasteiger partial charge in [-0.2, -0.15) is 0 Å². The van der Waals surface area contributed by atoms with Gasteiger partial charge in [-0.25, -0.2) is 8.42 Å². The SMILES string of the molecule is CN=C(NCCc1ccccc1OC)NCc1ccc(S(C)(=O)=O)c(C)c1.I. The van der Waals surface area contributed by atoms with Crippen LogP contribution in [0.4, 0.5) is 0 Å². The summed E-state index contributed by atoms with van der Waals surface area (Å²) >= 11 is 0. The summed E-state index contributed by atoms with van der Waals surface area (Å²) in [5, 5.41) is 6.52. The summed E-state index contributed by atoms with van der Waals surface area (Å²) in [6.45, 7) is 3.07. The first-order valence-corrected chi connectivity index (χ1v) is 10.6. The molecule has 0 aliphatic heterocycles. The lowest BCUT2D eigenvalue weighted by atomic mass is 10.1. The van der Waals surface area contributed by atoms with Crippen LogP contribution in [0.5, 0.6) is 5.75 Å². The fraction of sp³-hybridized carbons (Fsp3) is 0.350. The van der Waals surface area contributed by atoms with Gasteiger partial charge in [0.2, 0.25) is 0 Å². The molecular formula is C20H28IN3O3S. The molecule has 0 spiro atoms. The number of hydrogen-bond donors (Lipinski definition) is 2. The Morgan fingerprint density at radius 2 is 1.86 bits per heavy atom. The van der Waals surface area contributed by atoms with E-state index in [0.717, 1.165) is 28.9 Å². The molecule has 8 heteroatoms. The zero-order valence-corrected chi connectivity index (χ0v) is 19.8. The van der Waals surface area contributed by atoms with Gasteiger partial charge in [0.1, 0.15) is 5.75 Å². The second kappa shape index (κ2) is 11.3. The molecule has 0 aliphatic rings. The van der Waals surface area contributed by atoms with E-state index in [1.54, 1.807) is 27.1 Å². The summed E-state index contributed by atoms with van der Waals surface area (Å²) in [6.07, 6.45) is 2.04. The molecule has 0 aromatic heterocycles. The Hall–Kier alpha value is -1.81. The van der Waals surface area contributed by atoms with Crippen LogP contribution < -0.4 is 15.4 Å². The lowest BCUT2D eigenvalue weighted by molar-refractivity contribution is 0.409. The van der Waals surface area contributed by atoms with Crippen molar-refractivity contribution in [3.05, 3.63) is 59.2 Å². The van der Waals surface area contributed by atoms with Crippen molar-refractivity contribution in [3.8, 4) is 5.75 Å². The molecular weight excluding hydrogens is 489 g/mol. The van der Waals surface area contributed by atoms with Crippen LogP contribution in [0.2, 0.25) is 0 Å². The minimum atomic E-state index is -3.20. The van der Waals surface area contributed by atoms with Crippen molar-refractivity contribution in [1.29, 1.82) is 0 Å². The van der Waals surface area contributed by atoms with Crippen molar-refractivity contribution in [2.45, 2.75) is 24.8 Å². The Kier molecular flexibility index (Phi) is 9.74. The Bertz CT molecular complexity index is 915. The number of guanidine groups is 1. The van der Waals surface area contributed by atoms with Crippen LogP contribution >= 0.6 is 24.0 Å². The van der Waals surface area contributed by atoms with Gasteiger partial charge in [-0.15, -0.1) is 24.0 Å². The Morgan fingerprint density at radius 3 is 2.46 bits per heavy atom. The summed E-state index contributed by atoms with van der Waals surface area (Å²) in [6, 6.07) is 13.3. The Labute approximate surface area is 184 Å². The van der Waals surface area contributed by atoms with E-state index in [9.17, 15) is 8.42 Å². The zero-order chi connectivity index (χ0) is 19.9. The van der Waals surface area contributed by atoms with Crippen LogP contribution in [-0.4, -0.2) is 41.3 Å². The van der Waals surface area contributed by atoms with Gasteiger partial charge >= 0.3 is 0 Å². The molecule has 2 N–H and O–H groups in total. The van der Waals surface area contributed by atoms with Gasteiger partial charge in [-0.05, 0) is 42.2 Å². The molecule has 2 rings (SSSR count). The summed E-state index contributed by atoms with van der Waals surface area (Å²) in [7, 11) is 0.192. The van der Waals surface area contributed by atoms with Crippen LogP contribution in [0.15, 0.2) is 52.4 Å². The molecule has 2 aromatic carbocycles. The van der Waals surface area contributed by atoms with Crippen molar-refractivity contribution in [2.75, 3.05) is 27.0 Å². The first-order valence-electron chi connectivity index (χ1n) is 8.71. The fourth-order valence-electron chi connectivity index (χ4n) is 2.87. The predicted molar refractivity (Wildman–Crippen MR) is 125 cm³/mol. The van der Waals surface area contributed by atoms with E-state index in [1.165, 1.54) is 6.26 Å². The van der Waals surface area contributed by atoms with E-state index < -0.39 is 9.84 Å². The summed E-state index contributed by atoms with van der Waals surface area (Å²) in [5.74, 6) is 1.57. The topological polar surface area (TPSA) is 79.8 Å². The number of hydrogen-bond acceptors (Lipinski definition) is 4. The molecule has 0 fully saturated rings. The van der Waals surface area contributed by atoms with Crippen LogP contribution in [0.3, 0.4) is 0 Å². The minimum Gasteiger partial charge on any atom is -0.496 e. The van der Waals surface area contributed by atoms with E-state index in [0.29, 0.717) is 23.9 Å². The first-order chi connectivity index (χ1) is 12.8. The van der Waals surface area contributed by atoms with Gasteiger partial charge in [0.15, 0.2) is 15.8 Å². The smallest absolute Gasteiger partial charge is 0.191 e. The summed E-state index contributed by atoms with van der Waals surface area (Å²) in [4.78, 5) is 4.59. The number of aliphatic imine (C=N–C) groups is 1. The van der Waals surface area contributed by atoms with Crippen LogP contribution in [0.1, 0.15) is 16.7 Å². The highest BCUT2D eigenvalue weighted by Crippen LogP contribution is 2.17. The number of nitrogens with one attached hydrogen (secondary N) is 2. The van der Waals surface area contributed by atoms with Crippen LogP contribution in [0, 0.1) is 6.92 Å². The van der Waals surface area contributed by atoms with E-state index >= 15 is 0 Å². The lowest BCUT2D eigenvalue weighted by Crippen LogP contribution is -2.37. The average molecular weight is 517 g/mol. The van der Waals surface area contributed by atoms with Crippen molar-refractivity contribution in [3.63, 3.8) is 0 Å². The third-order valence-electron chi connectivity index (χ3n) is 4.20. The Balaban J connectivity index is 0.00000392. The number of benzene rings is 2. The van der Waals surface area contributed by atoms with E-state index in [4.69, 9.17) is 4.74 Å². The van der Waals surface area contributed by atoms with Gasteiger partial charge in [0, 0.05) is 26.4 Å². The van der Waals surface area contributed by atoms with Crippen molar-refractivity contribution in [1.82, 2.24) is 10.6 Å². The standard InChI is InChI=1S/C20H27N3O3S.HI/c1-15-13-16(9-10-19(15)27(4,24)25)14-23-20(21-2)22-12-11-17-7-5-6-8-18(17)26-3;/h5-10,13H,11-12,14H2,1-4H3,(H2,21,22,23);1H. The van der Waals surface area contributed by atoms with Crippen molar-refractivity contribution in [2.24, 2.45) is 4.99 Å². The highest BCUT2D eigenvalue weighted by molar-refractivity contribution is 14.0. The van der Waals surface area contributed by atoms with Crippen molar-refractivity contribution >= 4 is 39.8 Å². The number of ether oxygens (including phenoxy) is 1. The molecule has 0 radical (unpaired) electrons. The second-order valence-electron chi connectivity index (χ2n) is 6.29. The molecule has 0 aliphatic carbocycles. The molecule has 28 heavy (non-hydrogen) atoms. The number of sulfone groups is 1. The molecule has 0 atom stereocenters. The summed E-state index contributed by atoms with van der Waals surface area (Å²) in [5.41, 5.74) is 2.87. The average Bonchev–Trinajstić information content (AvgIpc) is 2.63. The van der Waals surface area contributed by atoms with Gasteiger partial charge in [-0.3, -0.25) is 4.99 Å². The Morgan fingerprint density at radius 1 is 1.14 bits per heavy atom. The van der Waals surface area contributed by atoms with E-state index in [2.05, 4.69) is 15.6 Å². The third-order valence-corrected chi connectivity index (χ3v) is 5.46. The van der Waals surface area contributed by atoms with E-state index in [-0.39, 0.29) is 24.0 Å². The maximum absolute atomic E-state index is 11.7. The van der Waals surface area contributed by atoms with Crippen molar-refractivity contribution < 1.29 is 13.2 Å². The van der Waals surface area contributed by atoms with Crippen LogP contribution in [-0.2, 0) is 22.8 Å². The normalized spacial score (nSPS) is 11.5. The second-order valence-corrected chi connectivity index (χ2v) is 8.27. The molecule has 0 saturated carbocycles. The first kappa shape index (κ1) is 24.2. The fourth-order valence-corrected chi connectivity index (χ4v) is 3.83. The molecule has 0 heterocycles. The van der Waals surface area contributed by atoms with Gasteiger partial charge in [-0.1, -0.05) is 30.3 Å². The maximum atomic E-state index is 11.7. The predicted octanol–water partition coefficient (Wildman–Crippen LogP) is 2.93. The van der Waals surface area contributed by atoms with Gasteiger partial charge < -0.3 is 15.4 Å².